The first-order valence-corrected chi connectivity index (χ1v) is 11.6. The molecule has 2 aliphatic heterocycles. The molecule has 1 atom stereocenters. The van der Waals surface area contributed by atoms with Crippen LogP contribution in [0.15, 0.2) is 46.3 Å². The molecular weight excluding hydrogens is 487 g/mol. The summed E-state index contributed by atoms with van der Waals surface area (Å²) in [6.45, 7) is 7.83. The lowest BCUT2D eigenvalue weighted by Crippen LogP contribution is -2.43. The Morgan fingerprint density at radius 3 is 2.50 bits per heavy atom. The van der Waals surface area contributed by atoms with E-state index in [0.717, 1.165) is 50.7 Å². The van der Waals surface area contributed by atoms with Crippen molar-refractivity contribution < 1.29 is 8.42 Å². The van der Waals surface area contributed by atoms with Crippen molar-refractivity contribution in [2.24, 2.45) is 4.99 Å². The topological polar surface area (TPSA) is 65.0 Å². The molecule has 0 bridgehead atoms. The van der Waals surface area contributed by atoms with E-state index < -0.39 is 9.84 Å². The number of hydrogen-bond donors (Lipinski definition) is 1. The molecule has 1 saturated heterocycles. The predicted molar refractivity (Wildman–Crippen MR) is 125 cm³/mol. The lowest BCUT2D eigenvalue weighted by Gasteiger charge is -2.25. The number of nitrogens with one attached hydrogen (secondary N) is 1. The first-order chi connectivity index (χ1) is 13.0. The van der Waals surface area contributed by atoms with E-state index >= 15 is 0 Å². The molecule has 0 saturated carbocycles. The highest BCUT2D eigenvalue weighted by molar-refractivity contribution is 14.0. The van der Waals surface area contributed by atoms with E-state index in [4.69, 9.17) is 4.99 Å². The summed E-state index contributed by atoms with van der Waals surface area (Å²) in [5, 5.41) is 3.41. The molecule has 2 aliphatic rings. The number of hydrogen-bond acceptors (Lipinski definition) is 4. The third-order valence-corrected chi connectivity index (χ3v) is 6.30. The number of likely N-dealkylation sites (tertiary alicyclic amines) is 1. The Bertz CT molecular complexity index is 785. The average molecular weight is 518 g/mol. The fourth-order valence-corrected chi connectivity index (χ4v) is 4.28. The highest BCUT2D eigenvalue weighted by Gasteiger charge is 2.29. The SMILES string of the molecule is CCNC(=NCCc1ccc(S(C)(=O)=O)cc1)N1CCC(N2CC=CC2)C1.I. The van der Waals surface area contributed by atoms with Crippen molar-refractivity contribution in [1.82, 2.24) is 15.1 Å². The Hall–Kier alpha value is -1.13. The number of benzene rings is 1. The van der Waals surface area contributed by atoms with Crippen molar-refractivity contribution >= 4 is 39.8 Å². The fourth-order valence-electron chi connectivity index (χ4n) is 3.64. The molecule has 3 rings (SSSR count). The monoisotopic (exact) mass is 518 g/mol. The van der Waals surface area contributed by atoms with Gasteiger partial charge in [0.25, 0.3) is 0 Å². The molecule has 1 unspecified atom stereocenters. The van der Waals surface area contributed by atoms with Crippen molar-refractivity contribution in [2.75, 3.05) is 45.5 Å². The molecular formula is C20H31IN4O2S. The van der Waals surface area contributed by atoms with Gasteiger partial charge in [-0.05, 0) is 37.5 Å². The Balaban J connectivity index is 0.00000280. The quantitative estimate of drug-likeness (QED) is 0.271. The van der Waals surface area contributed by atoms with Gasteiger partial charge in [-0.25, -0.2) is 8.42 Å². The van der Waals surface area contributed by atoms with Gasteiger partial charge in [-0.1, -0.05) is 24.3 Å². The van der Waals surface area contributed by atoms with Crippen molar-refractivity contribution in [3.8, 4) is 0 Å². The number of nitrogens with zero attached hydrogens (tertiary/aromatic N) is 3. The number of aliphatic imine (C=N–C) groups is 1. The Labute approximate surface area is 186 Å². The smallest absolute Gasteiger partial charge is 0.193 e. The second-order valence-electron chi connectivity index (χ2n) is 7.22. The highest BCUT2D eigenvalue weighted by atomic mass is 127. The molecule has 1 aromatic rings. The van der Waals surface area contributed by atoms with Crippen LogP contribution in [0.5, 0.6) is 0 Å². The minimum absolute atomic E-state index is 0. The molecule has 0 amide bonds. The minimum Gasteiger partial charge on any atom is -0.357 e. The van der Waals surface area contributed by atoms with Crippen molar-refractivity contribution in [2.45, 2.75) is 30.7 Å². The largest absolute Gasteiger partial charge is 0.357 e. The maximum Gasteiger partial charge on any atom is 0.193 e. The van der Waals surface area contributed by atoms with Gasteiger partial charge in [-0.2, -0.15) is 0 Å². The van der Waals surface area contributed by atoms with Crippen LogP contribution in [-0.4, -0.2) is 75.7 Å². The van der Waals surface area contributed by atoms with Crippen molar-refractivity contribution in [3.05, 3.63) is 42.0 Å². The molecule has 156 valence electrons. The number of rotatable bonds is 6. The van der Waals surface area contributed by atoms with E-state index in [9.17, 15) is 8.42 Å². The van der Waals surface area contributed by atoms with Gasteiger partial charge in [0.2, 0.25) is 0 Å². The number of halogens is 1. The zero-order valence-electron chi connectivity index (χ0n) is 16.7. The summed E-state index contributed by atoms with van der Waals surface area (Å²) in [7, 11) is -3.14. The summed E-state index contributed by atoms with van der Waals surface area (Å²) < 4.78 is 23.1. The molecule has 28 heavy (non-hydrogen) atoms. The summed E-state index contributed by atoms with van der Waals surface area (Å²) in [5.41, 5.74) is 1.10. The van der Waals surface area contributed by atoms with E-state index in [0.29, 0.717) is 17.5 Å². The Morgan fingerprint density at radius 2 is 1.89 bits per heavy atom. The van der Waals surface area contributed by atoms with Crippen LogP contribution in [0.1, 0.15) is 18.9 Å². The number of guanidine groups is 1. The zero-order valence-corrected chi connectivity index (χ0v) is 19.8. The Kier molecular flexibility index (Phi) is 8.76. The zero-order chi connectivity index (χ0) is 19.3. The van der Waals surface area contributed by atoms with E-state index in [1.54, 1.807) is 12.1 Å². The summed E-state index contributed by atoms with van der Waals surface area (Å²) in [5.74, 6) is 0.986. The average Bonchev–Trinajstić information content (AvgIpc) is 3.32. The summed E-state index contributed by atoms with van der Waals surface area (Å²) in [6.07, 6.45) is 7.70. The predicted octanol–water partition coefficient (Wildman–Crippen LogP) is 2.16. The molecule has 2 heterocycles. The van der Waals surface area contributed by atoms with Gasteiger partial charge in [0.05, 0.1) is 4.90 Å². The maximum absolute atomic E-state index is 11.5. The van der Waals surface area contributed by atoms with Gasteiger partial charge in [-0.3, -0.25) is 9.89 Å². The lowest BCUT2D eigenvalue weighted by atomic mass is 10.1. The van der Waals surface area contributed by atoms with Crippen LogP contribution in [0.25, 0.3) is 0 Å². The molecule has 0 aromatic heterocycles. The summed E-state index contributed by atoms with van der Waals surface area (Å²) in [6, 6.07) is 7.71. The standard InChI is InChI=1S/C20H30N4O2S.HI/c1-3-21-20(24-15-11-18(16-24)23-13-4-5-14-23)22-12-10-17-6-8-19(9-7-17)27(2,25)26;/h4-9,18H,3,10-16H2,1-2H3,(H,21,22);1H. The van der Waals surface area contributed by atoms with Gasteiger partial charge < -0.3 is 10.2 Å². The maximum atomic E-state index is 11.5. The molecule has 1 aromatic carbocycles. The summed E-state index contributed by atoms with van der Waals surface area (Å²) in [4.78, 5) is 10.0. The van der Waals surface area contributed by atoms with Crippen LogP contribution >= 0.6 is 24.0 Å². The van der Waals surface area contributed by atoms with Gasteiger partial charge in [0, 0.05) is 51.6 Å². The molecule has 0 spiro atoms. The lowest BCUT2D eigenvalue weighted by molar-refractivity contribution is 0.259. The number of sulfone groups is 1. The first-order valence-electron chi connectivity index (χ1n) is 9.68. The van der Waals surface area contributed by atoms with E-state index in [1.165, 1.54) is 12.7 Å². The molecule has 6 nitrogen and oxygen atoms in total. The third kappa shape index (κ3) is 6.18. The molecule has 0 aliphatic carbocycles. The van der Waals surface area contributed by atoms with Gasteiger partial charge >= 0.3 is 0 Å². The normalized spacial score (nSPS) is 20.4. The third-order valence-electron chi connectivity index (χ3n) is 5.17. The van der Waals surface area contributed by atoms with Crippen LogP contribution in [0.3, 0.4) is 0 Å². The second-order valence-corrected chi connectivity index (χ2v) is 9.23. The summed E-state index contributed by atoms with van der Waals surface area (Å²) >= 11 is 0. The van der Waals surface area contributed by atoms with Crippen LogP contribution in [0.2, 0.25) is 0 Å². The van der Waals surface area contributed by atoms with Crippen LogP contribution in [-0.2, 0) is 16.3 Å². The minimum atomic E-state index is -3.14. The van der Waals surface area contributed by atoms with E-state index in [1.807, 2.05) is 12.1 Å². The Morgan fingerprint density at radius 1 is 1.21 bits per heavy atom. The van der Waals surface area contributed by atoms with Gasteiger partial charge in [0.15, 0.2) is 15.8 Å². The van der Waals surface area contributed by atoms with Crippen LogP contribution in [0.4, 0.5) is 0 Å². The van der Waals surface area contributed by atoms with Crippen LogP contribution < -0.4 is 5.32 Å². The first kappa shape index (κ1) is 23.2. The highest BCUT2D eigenvalue weighted by Crippen LogP contribution is 2.18. The van der Waals surface area contributed by atoms with Crippen LogP contribution in [0, 0.1) is 0 Å². The fraction of sp³-hybridized carbons (Fsp3) is 0.550. The van der Waals surface area contributed by atoms with Crippen molar-refractivity contribution in [1.29, 1.82) is 0 Å². The molecule has 8 heteroatoms. The molecule has 0 radical (unpaired) electrons. The van der Waals surface area contributed by atoms with Crippen molar-refractivity contribution in [3.63, 3.8) is 0 Å². The van der Waals surface area contributed by atoms with Gasteiger partial charge in [-0.15, -0.1) is 24.0 Å². The van der Waals surface area contributed by atoms with E-state index in [2.05, 4.69) is 34.2 Å². The molecule has 1 N–H and O–H groups in total. The van der Waals surface area contributed by atoms with E-state index in [-0.39, 0.29) is 24.0 Å². The van der Waals surface area contributed by atoms with Gasteiger partial charge in [0.1, 0.15) is 0 Å². The molecule has 1 fully saturated rings. The second kappa shape index (κ2) is 10.6.